The Balaban J connectivity index is 1.59. The second kappa shape index (κ2) is 11.0. The third kappa shape index (κ3) is 5.10. The van der Waals surface area contributed by atoms with Gasteiger partial charge in [0.25, 0.3) is 0 Å². The monoisotopic (exact) mass is 470 g/mol. The Morgan fingerprint density at radius 2 is 1.97 bits per heavy atom. The summed E-state index contributed by atoms with van der Waals surface area (Å²) >= 11 is 0. The van der Waals surface area contributed by atoms with Gasteiger partial charge in [-0.05, 0) is 39.5 Å². The molecular weight excluding hydrogens is 432 g/mol. The number of nitrogens with zero attached hydrogens (tertiary/aromatic N) is 7. The Morgan fingerprint density at radius 3 is 2.68 bits per heavy atom. The van der Waals surface area contributed by atoms with Crippen LogP contribution in [-0.2, 0) is 16.1 Å². The van der Waals surface area contributed by atoms with Crippen LogP contribution in [0.2, 0.25) is 0 Å². The summed E-state index contributed by atoms with van der Waals surface area (Å²) in [6.45, 7) is 12.0. The quantitative estimate of drug-likeness (QED) is 0.569. The third-order valence-electron chi connectivity index (χ3n) is 6.91. The maximum Gasteiger partial charge on any atom is 0.229 e. The van der Waals surface area contributed by atoms with E-state index in [0.717, 1.165) is 75.4 Å². The molecule has 1 N–H and O–H groups in total. The molecule has 2 aliphatic rings. The zero-order valence-electron chi connectivity index (χ0n) is 20.8. The van der Waals surface area contributed by atoms with Gasteiger partial charge in [0.2, 0.25) is 17.8 Å². The van der Waals surface area contributed by atoms with Gasteiger partial charge in [-0.3, -0.25) is 9.59 Å². The van der Waals surface area contributed by atoms with Crippen LogP contribution < -0.4 is 10.2 Å². The summed E-state index contributed by atoms with van der Waals surface area (Å²) in [5, 5.41) is 3.41. The standard InChI is InChI=1S/C24H38N8O2/c1-4-11-25-21-20-22(32(17-26-20)15-14-30-12-8-10-19(30)33)28-24(27-21)31-13-7-9-18(16-31)23(34)29(5-2)6-3/h17-18H,4-16H2,1-3H3,(H,25,27,28). The van der Waals surface area contributed by atoms with E-state index in [2.05, 4.69) is 22.1 Å². The number of nitrogens with one attached hydrogen (secondary N) is 1. The van der Waals surface area contributed by atoms with Gasteiger partial charge in [0.05, 0.1) is 12.2 Å². The van der Waals surface area contributed by atoms with Crippen LogP contribution in [0.4, 0.5) is 11.8 Å². The van der Waals surface area contributed by atoms with Gasteiger partial charge >= 0.3 is 0 Å². The minimum absolute atomic E-state index is 0.0360. The fraction of sp³-hybridized carbons (Fsp3) is 0.708. The van der Waals surface area contributed by atoms with Crippen molar-refractivity contribution >= 4 is 34.7 Å². The Labute approximate surface area is 201 Å². The van der Waals surface area contributed by atoms with Gasteiger partial charge in [-0.2, -0.15) is 9.97 Å². The molecule has 0 radical (unpaired) electrons. The number of carbonyl (C=O) groups excluding carboxylic acids is 2. The second-order valence-corrected chi connectivity index (χ2v) is 9.19. The topological polar surface area (TPSA) is 99.5 Å². The molecule has 186 valence electrons. The molecule has 1 unspecified atom stereocenters. The van der Waals surface area contributed by atoms with Gasteiger partial charge in [0.15, 0.2) is 17.0 Å². The summed E-state index contributed by atoms with van der Waals surface area (Å²) in [7, 11) is 0. The first-order valence-corrected chi connectivity index (χ1v) is 12.8. The number of imidazole rings is 1. The number of likely N-dealkylation sites (tertiary alicyclic amines) is 1. The molecule has 2 amide bonds. The smallest absolute Gasteiger partial charge is 0.229 e. The van der Waals surface area contributed by atoms with E-state index in [-0.39, 0.29) is 17.7 Å². The fourth-order valence-electron chi connectivity index (χ4n) is 4.93. The number of hydrogen-bond donors (Lipinski definition) is 1. The van der Waals surface area contributed by atoms with Crippen molar-refractivity contribution in [3.05, 3.63) is 6.33 Å². The zero-order chi connectivity index (χ0) is 24.1. The first kappa shape index (κ1) is 24.2. The van der Waals surface area contributed by atoms with Crippen LogP contribution in [0.3, 0.4) is 0 Å². The number of anilines is 2. The first-order valence-electron chi connectivity index (χ1n) is 12.8. The van der Waals surface area contributed by atoms with Crippen LogP contribution in [0.15, 0.2) is 6.33 Å². The average molecular weight is 471 g/mol. The van der Waals surface area contributed by atoms with E-state index in [0.29, 0.717) is 32.0 Å². The lowest BCUT2D eigenvalue weighted by atomic mass is 9.96. The molecule has 2 aliphatic heterocycles. The minimum Gasteiger partial charge on any atom is -0.368 e. The molecule has 2 saturated heterocycles. The highest BCUT2D eigenvalue weighted by molar-refractivity contribution is 5.85. The molecule has 2 fully saturated rings. The number of hydrogen-bond acceptors (Lipinski definition) is 7. The minimum atomic E-state index is -0.0360. The van der Waals surface area contributed by atoms with Crippen molar-refractivity contribution in [3.8, 4) is 0 Å². The van der Waals surface area contributed by atoms with Crippen LogP contribution >= 0.6 is 0 Å². The number of piperidine rings is 1. The fourth-order valence-corrected chi connectivity index (χ4v) is 4.93. The third-order valence-corrected chi connectivity index (χ3v) is 6.91. The molecule has 0 aromatic carbocycles. The molecule has 4 rings (SSSR count). The Kier molecular flexibility index (Phi) is 7.84. The van der Waals surface area contributed by atoms with E-state index in [4.69, 9.17) is 9.97 Å². The van der Waals surface area contributed by atoms with Gasteiger partial charge < -0.3 is 24.6 Å². The molecule has 10 nitrogen and oxygen atoms in total. The molecule has 0 bridgehead atoms. The van der Waals surface area contributed by atoms with E-state index < -0.39 is 0 Å². The Morgan fingerprint density at radius 1 is 1.15 bits per heavy atom. The van der Waals surface area contributed by atoms with Crippen LogP contribution in [0, 0.1) is 5.92 Å². The highest BCUT2D eigenvalue weighted by Crippen LogP contribution is 2.27. The summed E-state index contributed by atoms with van der Waals surface area (Å²) < 4.78 is 2.02. The van der Waals surface area contributed by atoms with E-state index >= 15 is 0 Å². The van der Waals surface area contributed by atoms with Crippen molar-refractivity contribution in [2.24, 2.45) is 5.92 Å². The summed E-state index contributed by atoms with van der Waals surface area (Å²) in [5.74, 6) is 1.78. The number of fused-ring (bicyclic) bond motifs is 1. The molecule has 2 aromatic rings. The molecule has 0 spiro atoms. The maximum absolute atomic E-state index is 13.0. The lowest BCUT2D eigenvalue weighted by Gasteiger charge is -2.34. The van der Waals surface area contributed by atoms with E-state index in [1.54, 1.807) is 6.33 Å². The van der Waals surface area contributed by atoms with E-state index in [1.807, 2.05) is 28.2 Å². The van der Waals surface area contributed by atoms with Crippen LogP contribution in [-0.4, -0.2) is 86.9 Å². The van der Waals surface area contributed by atoms with E-state index in [9.17, 15) is 9.59 Å². The van der Waals surface area contributed by atoms with Crippen molar-refractivity contribution in [1.82, 2.24) is 29.3 Å². The van der Waals surface area contributed by atoms with Crippen molar-refractivity contribution in [3.63, 3.8) is 0 Å². The van der Waals surface area contributed by atoms with Crippen LogP contribution in [0.1, 0.15) is 52.9 Å². The number of aromatic nitrogens is 4. The van der Waals surface area contributed by atoms with Crippen molar-refractivity contribution in [1.29, 1.82) is 0 Å². The predicted octanol–water partition coefficient (Wildman–Crippen LogP) is 2.36. The maximum atomic E-state index is 13.0. The predicted molar refractivity (Wildman–Crippen MR) is 133 cm³/mol. The van der Waals surface area contributed by atoms with Crippen molar-refractivity contribution < 1.29 is 9.59 Å². The summed E-state index contributed by atoms with van der Waals surface area (Å²) in [5.41, 5.74) is 1.52. The molecule has 0 aliphatic carbocycles. The lowest BCUT2D eigenvalue weighted by molar-refractivity contribution is -0.135. The zero-order valence-corrected chi connectivity index (χ0v) is 20.8. The molecule has 1 atom stereocenters. The molecule has 0 saturated carbocycles. The molecule has 4 heterocycles. The van der Waals surface area contributed by atoms with Gasteiger partial charge in [-0.25, -0.2) is 4.98 Å². The average Bonchev–Trinajstić information content (AvgIpc) is 3.47. The normalized spacial score (nSPS) is 18.7. The van der Waals surface area contributed by atoms with Gasteiger partial charge in [-0.15, -0.1) is 0 Å². The Bertz CT molecular complexity index is 1000. The lowest BCUT2D eigenvalue weighted by Crippen LogP contribution is -2.45. The molecule has 34 heavy (non-hydrogen) atoms. The van der Waals surface area contributed by atoms with Crippen LogP contribution in [0.5, 0.6) is 0 Å². The first-order chi connectivity index (χ1) is 16.5. The summed E-state index contributed by atoms with van der Waals surface area (Å²) in [6.07, 6.45) is 6.18. The highest BCUT2D eigenvalue weighted by Gasteiger charge is 2.30. The number of rotatable bonds is 10. The highest BCUT2D eigenvalue weighted by atomic mass is 16.2. The van der Waals surface area contributed by atoms with Crippen molar-refractivity contribution in [2.45, 2.75) is 59.4 Å². The van der Waals surface area contributed by atoms with Crippen LogP contribution in [0.25, 0.3) is 11.2 Å². The van der Waals surface area contributed by atoms with E-state index in [1.165, 1.54) is 0 Å². The number of carbonyl (C=O) groups is 2. The van der Waals surface area contributed by atoms with Crippen molar-refractivity contribution in [2.75, 3.05) is 56.0 Å². The van der Waals surface area contributed by atoms with Gasteiger partial charge in [0, 0.05) is 58.8 Å². The molecule has 2 aromatic heterocycles. The Hall–Kier alpha value is -2.91. The number of amides is 2. The second-order valence-electron chi connectivity index (χ2n) is 9.19. The SMILES string of the molecule is CCCNc1nc(N2CCCC(C(=O)N(CC)CC)C2)nc2c1ncn2CCN1CCCC1=O. The van der Waals surface area contributed by atoms with Gasteiger partial charge in [0.1, 0.15) is 0 Å². The molecule has 10 heteroatoms. The summed E-state index contributed by atoms with van der Waals surface area (Å²) in [6, 6.07) is 0. The van der Waals surface area contributed by atoms with Gasteiger partial charge in [-0.1, -0.05) is 6.92 Å². The summed E-state index contributed by atoms with van der Waals surface area (Å²) in [4.78, 5) is 45.4. The largest absolute Gasteiger partial charge is 0.368 e. The molecular formula is C24H38N8O2.